The summed E-state index contributed by atoms with van der Waals surface area (Å²) in [4.78, 5) is 14.5. The summed E-state index contributed by atoms with van der Waals surface area (Å²) in [5, 5.41) is 1.04. The summed E-state index contributed by atoms with van der Waals surface area (Å²) in [5.41, 5.74) is 2.99. The molecule has 4 nitrogen and oxygen atoms in total. The zero-order chi connectivity index (χ0) is 14.1. The van der Waals surface area contributed by atoms with Crippen LogP contribution in [0.15, 0.2) is 35.5 Å². The molecule has 0 radical (unpaired) electrons. The highest BCUT2D eigenvalue weighted by Crippen LogP contribution is 2.18. The van der Waals surface area contributed by atoms with Crippen LogP contribution in [0.2, 0.25) is 5.28 Å². The molecule has 0 unspecified atom stereocenters. The fourth-order valence-corrected chi connectivity index (χ4v) is 2.07. The maximum atomic E-state index is 13.4. The van der Waals surface area contributed by atoms with Gasteiger partial charge in [-0.2, -0.15) is 4.98 Å². The number of hydrogen-bond acceptors (Lipinski definition) is 3. The third-order valence-electron chi connectivity index (χ3n) is 2.81. The number of aromatic nitrogens is 3. The molecule has 6 heteroatoms. The predicted octanol–water partition coefficient (Wildman–Crippen LogP) is 3.81. The van der Waals surface area contributed by atoms with E-state index in [1.807, 2.05) is 31.2 Å². The summed E-state index contributed by atoms with van der Waals surface area (Å²) in [5.74, 6) is -0.681. The molecule has 2 aromatic heterocycles. The van der Waals surface area contributed by atoms with E-state index in [1.54, 1.807) is 6.21 Å². The van der Waals surface area contributed by atoms with E-state index in [9.17, 15) is 4.39 Å². The van der Waals surface area contributed by atoms with Crippen LogP contribution in [0.5, 0.6) is 0 Å². The van der Waals surface area contributed by atoms with Crippen molar-refractivity contribution in [2.45, 2.75) is 6.92 Å². The molecule has 0 aliphatic heterocycles. The van der Waals surface area contributed by atoms with Gasteiger partial charge < -0.3 is 4.98 Å². The smallest absolute Gasteiger partial charge is 0.224 e. The lowest BCUT2D eigenvalue weighted by Crippen LogP contribution is -1.88. The molecular weight excluding hydrogens is 279 g/mol. The molecule has 1 aromatic carbocycles. The second-order valence-electron chi connectivity index (χ2n) is 4.37. The summed E-state index contributed by atoms with van der Waals surface area (Å²) in [6.45, 7) is 1.99. The van der Waals surface area contributed by atoms with Gasteiger partial charge in [0, 0.05) is 22.8 Å². The van der Waals surface area contributed by atoms with Crippen LogP contribution in [-0.4, -0.2) is 21.2 Å². The van der Waals surface area contributed by atoms with Gasteiger partial charge in [-0.1, -0.05) is 6.07 Å². The fourth-order valence-electron chi connectivity index (χ4n) is 1.94. The van der Waals surface area contributed by atoms with E-state index in [4.69, 9.17) is 11.6 Å². The number of hydrogen-bond donors (Lipinski definition) is 1. The molecule has 20 heavy (non-hydrogen) atoms. The Bertz CT molecular complexity index is 810. The maximum absolute atomic E-state index is 13.4. The van der Waals surface area contributed by atoms with Gasteiger partial charge >= 0.3 is 0 Å². The van der Waals surface area contributed by atoms with Gasteiger partial charge in [-0.15, -0.1) is 0 Å². The molecule has 1 N–H and O–H groups in total. The average Bonchev–Trinajstić information content (AvgIpc) is 2.79. The molecule has 3 aromatic rings. The Morgan fingerprint density at radius 1 is 1.35 bits per heavy atom. The van der Waals surface area contributed by atoms with Gasteiger partial charge in [0.15, 0.2) is 11.6 Å². The molecule has 0 aliphatic carbocycles. The van der Waals surface area contributed by atoms with Crippen LogP contribution < -0.4 is 0 Å². The van der Waals surface area contributed by atoms with E-state index in [2.05, 4.69) is 19.9 Å². The fraction of sp³-hybridized carbons (Fsp3) is 0.0714. The van der Waals surface area contributed by atoms with Crippen molar-refractivity contribution >= 4 is 34.5 Å². The van der Waals surface area contributed by atoms with Crippen molar-refractivity contribution in [3.63, 3.8) is 0 Å². The molecule has 0 saturated heterocycles. The molecule has 0 spiro atoms. The van der Waals surface area contributed by atoms with E-state index in [0.717, 1.165) is 28.4 Å². The third kappa shape index (κ3) is 2.53. The van der Waals surface area contributed by atoms with Crippen LogP contribution in [0.25, 0.3) is 10.9 Å². The number of aliphatic imine (C=N–C) groups is 1. The number of fused-ring (bicyclic) bond motifs is 1. The number of nitrogens with zero attached hydrogens (tertiary/aromatic N) is 3. The molecule has 0 fully saturated rings. The number of nitrogens with one attached hydrogen (secondary N) is 1. The molecule has 0 saturated carbocycles. The first-order valence-corrected chi connectivity index (χ1v) is 6.31. The zero-order valence-corrected chi connectivity index (χ0v) is 11.3. The molecule has 3 rings (SSSR count). The zero-order valence-electron chi connectivity index (χ0n) is 10.6. The van der Waals surface area contributed by atoms with Crippen molar-refractivity contribution in [3.8, 4) is 0 Å². The van der Waals surface area contributed by atoms with Gasteiger partial charge in [-0.3, -0.25) is 0 Å². The summed E-state index contributed by atoms with van der Waals surface area (Å²) < 4.78 is 13.4. The Morgan fingerprint density at radius 3 is 3.05 bits per heavy atom. The van der Waals surface area contributed by atoms with Crippen molar-refractivity contribution in [2.75, 3.05) is 0 Å². The van der Waals surface area contributed by atoms with Crippen LogP contribution in [0.3, 0.4) is 0 Å². The van der Waals surface area contributed by atoms with Crippen LogP contribution in [-0.2, 0) is 0 Å². The standard InChI is InChI=1S/C14H10ClFN4/c1-8-4-10-5-9(2-3-12(10)19-8)6-17-13-11(16)7-18-14(15)20-13/h2-7,19H,1H3/b17-6+. The lowest BCUT2D eigenvalue weighted by Gasteiger charge is -1.96. The van der Waals surface area contributed by atoms with E-state index < -0.39 is 5.82 Å². The lowest BCUT2D eigenvalue weighted by molar-refractivity contribution is 0.616. The second-order valence-corrected chi connectivity index (χ2v) is 4.71. The average molecular weight is 289 g/mol. The minimum absolute atomic E-state index is 0.0322. The van der Waals surface area contributed by atoms with E-state index >= 15 is 0 Å². The van der Waals surface area contributed by atoms with Crippen LogP contribution in [0, 0.1) is 12.7 Å². The Balaban J connectivity index is 1.95. The van der Waals surface area contributed by atoms with Crippen LogP contribution >= 0.6 is 11.6 Å². The third-order valence-corrected chi connectivity index (χ3v) is 2.99. The quantitative estimate of drug-likeness (QED) is 0.576. The summed E-state index contributed by atoms with van der Waals surface area (Å²) >= 11 is 5.61. The highest BCUT2D eigenvalue weighted by atomic mass is 35.5. The Morgan fingerprint density at radius 2 is 2.20 bits per heavy atom. The summed E-state index contributed by atoms with van der Waals surface area (Å²) in [7, 11) is 0. The topological polar surface area (TPSA) is 53.9 Å². The first-order chi connectivity index (χ1) is 9.61. The van der Waals surface area contributed by atoms with Crippen molar-refractivity contribution in [3.05, 3.63) is 52.8 Å². The number of benzene rings is 1. The minimum atomic E-state index is -0.607. The van der Waals surface area contributed by atoms with Crippen LogP contribution in [0.4, 0.5) is 10.2 Å². The summed E-state index contributed by atoms with van der Waals surface area (Å²) in [6, 6.07) is 7.84. The number of aromatic amines is 1. The number of halogens is 2. The molecule has 0 amide bonds. The predicted molar refractivity (Wildman–Crippen MR) is 77.3 cm³/mol. The second kappa shape index (κ2) is 5.02. The largest absolute Gasteiger partial charge is 0.359 e. The van der Waals surface area contributed by atoms with E-state index in [1.165, 1.54) is 0 Å². The van der Waals surface area contributed by atoms with Crippen molar-refractivity contribution in [1.82, 2.24) is 15.0 Å². The van der Waals surface area contributed by atoms with Crippen molar-refractivity contribution in [1.29, 1.82) is 0 Å². The van der Waals surface area contributed by atoms with Gasteiger partial charge in [0.25, 0.3) is 0 Å². The molecule has 100 valence electrons. The lowest BCUT2D eigenvalue weighted by atomic mass is 10.2. The monoisotopic (exact) mass is 288 g/mol. The first-order valence-electron chi connectivity index (χ1n) is 5.93. The van der Waals surface area contributed by atoms with E-state index in [-0.39, 0.29) is 11.1 Å². The number of aryl methyl sites for hydroxylation is 1. The summed E-state index contributed by atoms with van der Waals surface area (Å²) in [6.07, 6.45) is 2.55. The molecule has 2 heterocycles. The van der Waals surface area contributed by atoms with Crippen molar-refractivity contribution < 1.29 is 4.39 Å². The number of rotatable bonds is 2. The molecule has 0 aliphatic rings. The van der Waals surface area contributed by atoms with E-state index in [0.29, 0.717) is 0 Å². The Labute approximate surface area is 119 Å². The van der Waals surface area contributed by atoms with Gasteiger partial charge in [0.05, 0.1) is 6.20 Å². The van der Waals surface area contributed by atoms with Crippen LogP contribution in [0.1, 0.15) is 11.3 Å². The first kappa shape index (κ1) is 12.7. The highest BCUT2D eigenvalue weighted by molar-refractivity contribution is 6.28. The Kier molecular flexibility index (Phi) is 3.20. The van der Waals surface area contributed by atoms with Gasteiger partial charge in [0.2, 0.25) is 5.28 Å². The Hall–Kier alpha value is -2.27. The highest BCUT2D eigenvalue weighted by Gasteiger charge is 2.04. The van der Waals surface area contributed by atoms with Gasteiger partial charge in [-0.05, 0) is 42.3 Å². The molecular formula is C14H10ClFN4. The van der Waals surface area contributed by atoms with Gasteiger partial charge in [0.1, 0.15) is 0 Å². The molecule has 0 bridgehead atoms. The van der Waals surface area contributed by atoms with Crippen molar-refractivity contribution in [2.24, 2.45) is 4.99 Å². The maximum Gasteiger partial charge on any atom is 0.224 e. The minimum Gasteiger partial charge on any atom is -0.359 e. The molecule has 0 atom stereocenters. The normalized spacial score (nSPS) is 11.6. The number of H-pyrrole nitrogens is 1. The van der Waals surface area contributed by atoms with Gasteiger partial charge in [-0.25, -0.2) is 14.4 Å². The SMILES string of the molecule is Cc1cc2cc(/C=N/c3nc(Cl)ncc3F)ccc2[nH]1.